The topological polar surface area (TPSA) is 41.1 Å². The molecule has 1 aliphatic heterocycles. The molecule has 0 bridgehead atoms. The van der Waals surface area contributed by atoms with Crippen molar-refractivity contribution in [3.8, 4) is 0 Å². The van der Waals surface area contributed by atoms with Crippen LogP contribution in [0.3, 0.4) is 0 Å². The van der Waals surface area contributed by atoms with Crippen LogP contribution in [0.5, 0.6) is 0 Å². The SMILES string of the molecule is CCC1(C(=O)Nc2ccc(SC(F)F)cc2)CCCN1.Cl. The Bertz CT molecular complexity index is 465. The Morgan fingerprint density at radius 2 is 2.10 bits per heavy atom. The highest BCUT2D eigenvalue weighted by Gasteiger charge is 2.38. The zero-order chi connectivity index (χ0) is 14.6. The van der Waals surface area contributed by atoms with E-state index in [1.807, 2.05) is 6.92 Å². The van der Waals surface area contributed by atoms with Crippen molar-refractivity contribution in [2.24, 2.45) is 0 Å². The minimum Gasteiger partial charge on any atom is -0.324 e. The molecule has 1 aromatic rings. The quantitative estimate of drug-likeness (QED) is 0.801. The molecule has 0 spiro atoms. The summed E-state index contributed by atoms with van der Waals surface area (Å²) in [6.45, 7) is 2.84. The van der Waals surface area contributed by atoms with Crippen LogP contribution in [-0.2, 0) is 4.79 Å². The lowest BCUT2D eigenvalue weighted by Crippen LogP contribution is -2.50. The van der Waals surface area contributed by atoms with Gasteiger partial charge in [-0.25, -0.2) is 0 Å². The molecule has 0 aliphatic carbocycles. The Morgan fingerprint density at radius 3 is 2.57 bits per heavy atom. The molecule has 1 atom stereocenters. The Hall–Kier alpha value is -0.850. The number of hydrogen-bond donors (Lipinski definition) is 2. The van der Waals surface area contributed by atoms with E-state index in [2.05, 4.69) is 10.6 Å². The van der Waals surface area contributed by atoms with Crippen LogP contribution in [0.2, 0.25) is 0 Å². The van der Waals surface area contributed by atoms with E-state index in [0.717, 1.165) is 25.8 Å². The van der Waals surface area contributed by atoms with Crippen molar-refractivity contribution < 1.29 is 13.6 Å². The van der Waals surface area contributed by atoms with Gasteiger partial charge in [0.2, 0.25) is 5.91 Å². The number of carbonyl (C=O) groups is 1. The second-order valence-electron chi connectivity index (χ2n) is 4.82. The van der Waals surface area contributed by atoms with Crippen molar-refractivity contribution in [2.45, 2.75) is 42.4 Å². The van der Waals surface area contributed by atoms with Crippen LogP contribution < -0.4 is 10.6 Å². The van der Waals surface area contributed by atoms with Crippen molar-refractivity contribution in [1.29, 1.82) is 0 Å². The standard InChI is InChI=1S/C14H18F2N2OS.ClH/c1-2-14(8-3-9-17-14)12(19)18-10-4-6-11(7-5-10)20-13(15)16;/h4-7,13,17H,2-3,8-9H2,1H3,(H,18,19);1H. The average molecular weight is 337 g/mol. The highest BCUT2D eigenvalue weighted by molar-refractivity contribution is 7.99. The van der Waals surface area contributed by atoms with E-state index in [4.69, 9.17) is 0 Å². The fourth-order valence-electron chi connectivity index (χ4n) is 2.43. The summed E-state index contributed by atoms with van der Waals surface area (Å²) in [5, 5.41) is 6.12. The summed E-state index contributed by atoms with van der Waals surface area (Å²) in [5.74, 6) is -2.48. The number of nitrogens with one attached hydrogen (secondary N) is 2. The molecule has 1 fully saturated rings. The van der Waals surface area contributed by atoms with Gasteiger partial charge < -0.3 is 10.6 Å². The summed E-state index contributed by atoms with van der Waals surface area (Å²) in [7, 11) is 0. The molecule has 1 amide bonds. The van der Waals surface area contributed by atoms with E-state index in [1.165, 1.54) is 0 Å². The maximum absolute atomic E-state index is 12.3. The van der Waals surface area contributed by atoms with Crippen molar-refractivity contribution in [1.82, 2.24) is 5.32 Å². The zero-order valence-corrected chi connectivity index (χ0v) is 13.3. The van der Waals surface area contributed by atoms with Gasteiger partial charge in [-0.3, -0.25) is 4.79 Å². The third-order valence-corrected chi connectivity index (χ3v) is 4.34. The lowest BCUT2D eigenvalue weighted by Gasteiger charge is -2.26. The van der Waals surface area contributed by atoms with Crippen molar-refractivity contribution >= 4 is 35.8 Å². The minimum absolute atomic E-state index is 0. The zero-order valence-electron chi connectivity index (χ0n) is 11.7. The molecule has 1 aliphatic rings. The van der Waals surface area contributed by atoms with E-state index in [1.54, 1.807) is 24.3 Å². The Kier molecular flexibility index (Phi) is 6.90. The number of benzene rings is 1. The van der Waals surface area contributed by atoms with Crippen LogP contribution >= 0.6 is 24.2 Å². The van der Waals surface area contributed by atoms with Gasteiger partial charge in [0, 0.05) is 10.6 Å². The number of halogens is 3. The van der Waals surface area contributed by atoms with Crippen LogP contribution in [0.1, 0.15) is 26.2 Å². The Labute approximate surface area is 133 Å². The van der Waals surface area contributed by atoms with E-state index in [-0.39, 0.29) is 18.3 Å². The summed E-state index contributed by atoms with van der Waals surface area (Å²) in [6, 6.07) is 6.49. The van der Waals surface area contributed by atoms with Gasteiger partial charge in [0.05, 0.1) is 5.54 Å². The number of thioether (sulfide) groups is 1. The molecule has 118 valence electrons. The van der Waals surface area contributed by atoms with Crippen LogP contribution in [0.4, 0.5) is 14.5 Å². The first kappa shape index (κ1) is 18.2. The lowest BCUT2D eigenvalue weighted by atomic mass is 9.93. The Balaban J connectivity index is 0.00000220. The summed E-state index contributed by atoms with van der Waals surface area (Å²) >= 11 is 0.497. The van der Waals surface area contributed by atoms with Gasteiger partial charge in [-0.15, -0.1) is 12.4 Å². The number of alkyl halides is 2. The highest BCUT2D eigenvalue weighted by Crippen LogP contribution is 2.28. The van der Waals surface area contributed by atoms with Gasteiger partial charge in [-0.1, -0.05) is 18.7 Å². The summed E-state index contributed by atoms with van der Waals surface area (Å²) < 4.78 is 24.4. The molecule has 21 heavy (non-hydrogen) atoms. The van der Waals surface area contributed by atoms with Gasteiger partial charge in [-0.2, -0.15) is 8.78 Å². The summed E-state index contributed by atoms with van der Waals surface area (Å²) in [6.07, 6.45) is 2.55. The monoisotopic (exact) mass is 336 g/mol. The second kappa shape index (κ2) is 7.96. The number of rotatable bonds is 5. The van der Waals surface area contributed by atoms with Crippen LogP contribution in [0.25, 0.3) is 0 Å². The molecule has 0 radical (unpaired) electrons. The molecule has 0 aromatic heterocycles. The summed E-state index contributed by atoms with van der Waals surface area (Å²) in [4.78, 5) is 12.8. The second-order valence-corrected chi connectivity index (χ2v) is 5.89. The molecule has 2 rings (SSSR count). The number of carbonyl (C=O) groups excluding carboxylic acids is 1. The molecule has 0 saturated carbocycles. The van der Waals surface area contributed by atoms with Gasteiger partial charge >= 0.3 is 0 Å². The molecule has 1 heterocycles. The molecule has 2 N–H and O–H groups in total. The molecule has 1 saturated heterocycles. The minimum atomic E-state index is -2.43. The van der Waals surface area contributed by atoms with Crippen molar-refractivity contribution in [3.63, 3.8) is 0 Å². The molecule has 7 heteroatoms. The van der Waals surface area contributed by atoms with E-state index in [0.29, 0.717) is 22.3 Å². The maximum atomic E-state index is 12.3. The molecular weight excluding hydrogens is 318 g/mol. The third kappa shape index (κ3) is 4.56. The smallest absolute Gasteiger partial charge is 0.288 e. The van der Waals surface area contributed by atoms with Crippen molar-refractivity contribution in [3.05, 3.63) is 24.3 Å². The first-order valence-electron chi connectivity index (χ1n) is 6.67. The number of amides is 1. The van der Waals surface area contributed by atoms with Crippen LogP contribution in [-0.4, -0.2) is 23.7 Å². The molecular formula is C14H19ClF2N2OS. The average Bonchev–Trinajstić information content (AvgIpc) is 2.90. The van der Waals surface area contributed by atoms with E-state index in [9.17, 15) is 13.6 Å². The number of anilines is 1. The van der Waals surface area contributed by atoms with Gasteiger partial charge in [0.1, 0.15) is 0 Å². The first-order valence-corrected chi connectivity index (χ1v) is 7.55. The van der Waals surface area contributed by atoms with E-state index >= 15 is 0 Å². The van der Waals surface area contributed by atoms with E-state index < -0.39 is 11.3 Å². The van der Waals surface area contributed by atoms with Gasteiger partial charge in [-0.05, 0) is 50.1 Å². The predicted octanol–water partition coefficient (Wildman–Crippen LogP) is 3.89. The predicted molar refractivity (Wildman–Crippen MR) is 84.4 cm³/mol. The van der Waals surface area contributed by atoms with Crippen LogP contribution in [0, 0.1) is 0 Å². The maximum Gasteiger partial charge on any atom is 0.288 e. The fraction of sp³-hybridized carbons (Fsp3) is 0.500. The Morgan fingerprint density at radius 1 is 1.43 bits per heavy atom. The largest absolute Gasteiger partial charge is 0.324 e. The number of hydrogen-bond acceptors (Lipinski definition) is 3. The van der Waals surface area contributed by atoms with Gasteiger partial charge in [0.25, 0.3) is 5.76 Å². The molecule has 1 unspecified atom stereocenters. The van der Waals surface area contributed by atoms with Crippen LogP contribution in [0.15, 0.2) is 29.2 Å². The molecule has 3 nitrogen and oxygen atoms in total. The fourth-order valence-corrected chi connectivity index (χ4v) is 2.93. The van der Waals surface area contributed by atoms with Crippen molar-refractivity contribution in [2.75, 3.05) is 11.9 Å². The normalized spacial score (nSPS) is 21.1. The third-order valence-electron chi connectivity index (χ3n) is 3.62. The molecule has 1 aromatic carbocycles. The highest BCUT2D eigenvalue weighted by atomic mass is 35.5. The first-order chi connectivity index (χ1) is 9.55. The van der Waals surface area contributed by atoms with Gasteiger partial charge in [0.15, 0.2) is 0 Å². The summed E-state index contributed by atoms with van der Waals surface area (Å²) in [5.41, 5.74) is 0.145. The lowest BCUT2D eigenvalue weighted by molar-refractivity contribution is -0.122.